The zero-order valence-corrected chi connectivity index (χ0v) is 16.1. The van der Waals surface area contributed by atoms with E-state index in [1.807, 2.05) is 13.8 Å². The van der Waals surface area contributed by atoms with Gasteiger partial charge in [-0.05, 0) is 39.5 Å². The largest absolute Gasteiger partial charge is 0.377 e. The van der Waals surface area contributed by atoms with E-state index in [1.165, 1.54) is 19.3 Å². The van der Waals surface area contributed by atoms with E-state index in [4.69, 9.17) is 4.74 Å². The van der Waals surface area contributed by atoms with Crippen molar-refractivity contribution in [2.45, 2.75) is 70.2 Å². The lowest BCUT2D eigenvalue weighted by Crippen LogP contribution is -2.73. The molecule has 4 fully saturated rings. The summed E-state index contributed by atoms with van der Waals surface area (Å²) < 4.78 is 29.5. The normalized spacial score (nSPS) is 38.6. The molecule has 25 heavy (non-hydrogen) atoms. The predicted octanol–water partition coefficient (Wildman–Crippen LogP) is 0.958. The van der Waals surface area contributed by atoms with Crippen LogP contribution in [0.5, 0.6) is 0 Å². The van der Waals surface area contributed by atoms with Crippen LogP contribution >= 0.6 is 0 Å². The highest BCUT2D eigenvalue weighted by Crippen LogP contribution is 2.62. The first-order chi connectivity index (χ1) is 11.9. The summed E-state index contributed by atoms with van der Waals surface area (Å²) in [5, 5.41) is 3.62. The van der Waals surface area contributed by atoms with Crippen LogP contribution in [0.4, 0.5) is 0 Å². The quantitative estimate of drug-likeness (QED) is 0.780. The van der Waals surface area contributed by atoms with Gasteiger partial charge in [0.2, 0.25) is 5.91 Å². The second-order valence-electron chi connectivity index (χ2n) is 8.38. The second-order valence-corrected chi connectivity index (χ2v) is 10.6. The zero-order chi connectivity index (χ0) is 17.8. The molecule has 2 saturated heterocycles. The molecule has 0 aromatic heterocycles. The average molecular weight is 371 g/mol. The number of hydrogen-bond donors (Lipinski definition) is 1. The molecule has 2 aliphatic heterocycles. The van der Waals surface area contributed by atoms with Gasteiger partial charge in [0.05, 0.1) is 23.7 Å². The summed E-state index contributed by atoms with van der Waals surface area (Å²) in [6.45, 7) is 5.28. The van der Waals surface area contributed by atoms with Gasteiger partial charge in [0.1, 0.15) is 0 Å². The molecule has 1 N–H and O–H groups in total. The molecule has 0 aromatic carbocycles. The number of carbonyl (C=O) groups is 1. The van der Waals surface area contributed by atoms with E-state index < -0.39 is 9.84 Å². The summed E-state index contributed by atoms with van der Waals surface area (Å²) in [6, 6.07) is -0.0561. The molecule has 4 aliphatic rings. The van der Waals surface area contributed by atoms with Crippen molar-refractivity contribution in [2.24, 2.45) is 11.3 Å². The fraction of sp³-hybridized carbons (Fsp3) is 0.944. The third-order valence-electron chi connectivity index (χ3n) is 7.11. The number of hydrogen-bond acceptors (Lipinski definition) is 5. The van der Waals surface area contributed by atoms with Crippen molar-refractivity contribution < 1.29 is 17.9 Å². The maximum atomic E-state index is 13.0. The van der Waals surface area contributed by atoms with Crippen molar-refractivity contribution in [1.29, 1.82) is 0 Å². The minimum Gasteiger partial charge on any atom is -0.377 e. The number of carbonyl (C=O) groups excluding carboxylic acids is 1. The van der Waals surface area contributed by atoms with Gasteiger partial charge in [-0.15, -0.1) is 0 Å². The van der Waals surface area contributed by atoms with Gasteiger partial charge in [-0.1, -0.05) is 6.42 Å². The van der Waals surface area contributed by atoms with Crippen molar-refractivity contribution in [2.75, 3.05) is 24.7 Å². The van der Waals surface area contributed by atoms with E-state index >= 15 is 0 Å². The zero-order valence-electron chi connectivity index (χ0n) is 15.2. The van der Waals surface area contributed by atoms with Crippen LogP contribution in [0.3, 0.4) is 0 Å². The predicted molar refractivity (Wildman–Crippen MR) is 95.0 cm³/mol. The van der Waals surface area contributed by atoms with Crippen LogP contribution in [0.15, 0.2) is 0 Å². The molecule has 7 heteroatoms. The van der Waals surface area contributed by atoms with Crippen molar-refractivity contribution in [3.8, 4) is 0 Å². The lowest BCUT2D eigenvalue weighted by Gasteiger charge is -2.64. The number of likely N-dealkylation sites (N-methyl/N-ethyl adjacent to an activating group) is 1. The van der Waals surface area contributed by atoms with Gasteiger partial charge in [-0.3, -0.25) is 4.79 Å². The molecular weight excluding hydrogens is 340 g/mol. The average Bonchev–Trinajstić information content (AvgIpc) is 3.08. The fourth-order valence-electron chi connectivity index (χ4n) is 5.70. The summed E-state index contributed by atoms with van der Waals surface area (Å²) in [5.74, 6) is 0.903. The highest BCUT2D eigenvalue weighted by Gasteiger charge is 2.66. The Hall–Kier alpha value is -0.660. The maximum absolute atomic E-state index is 13.0. The Morgan fingerprint density at radius 3 is 2.68 bits per heavy atom. The van der Waals surface area contributed by atoms with Gasteiger partial charge >= 0.3 is 0 Å². The molecule has 142 valence electrons. The third kappa shape index (κ3) is 2.73. The molecule has 5 unspecified atom stereocenters. The molecule has 0 bridgehead atoms. The second kappa shape index (κ2) is 6.20. The Balaban J connectivity index is 1.42. The van der Waals surface area contributed by atoms with Crippen LogP contribution in [-0.4, -0.2) is 68.1 Å². The molecule has 0 radical (unpaired) electrons. The number of sulfone groups is 1. The summed E-state index contributed by atoms with van der Waals surface area (Å²) in [7, 11) is -2.98. The summed E-state index contributed by atoms with van der Waals surface area (Å²) in [6.07, 6.45) is 5.71. The molecule has 2 heterocycles. The number of ether oxygens (including phenoxy) is 1. The highest BCUT2D eigenvalue weighted by atomic mass is 32.2. The van der Waals surface area contributed by atoms with Crippen molar-refractivity contribution in [1.82, 2.24) is 10.2 Å². The molecule has 6 nitrogen and oxygen atoms in total. The summed E-state index contributed by atoms with van der Waals surface area (Å²) in [4.78, 5) is 14.8. The SMILES string of the molecule is CCN(C(=O)C(C)NC1C2CCOC2C12CCC2)C1CCS(=O)(=O)C1. The lowest BCUT2D eigenvalue weighted by atomic mass is 9.46. The van der Waals surface area contributed by atoms with E-state index in [9.17, 15) is 13.2 Å². The van der Waals surface area contributed by atoms with E-state index in [0.717, 1.165) is 13.0 Å². The number of fused-ring (bicyclic) bond motifs is 2. The first-order valence-electron chi connectivity index (χ1n) is 9.76. The molecule has 1 amide bonds. The van der Waals surface area contributed by atoms with Gasteiger partial charge in [0, 0.05) is 36.6 Å². The Morgan fingerprint density at radius 1 is 1.36 bits per heavy atom. The van der Waals surface area contributed by atoms with Gasteiger partial charge in [0.25, 0.3) is 0 Å². The minimum atomic E-state index is -2.98. The van der Waals surface area contributed by atoms with Crippen LogP contribution in [0.25, 0.3) is 0 Å². The van der Waals surface area contributed by atoms with E-state index in [0.29, 0.717) is 31.0 Å². The topological polar surface area (TPSA) is 75.7 Å². The van der Waals surface area contributed by atoms with E-state index in [1.54, 1.807) is 4.90 Å². The molecule has 5 atom stereocenters. The van der Waals surface area contributed by atoms with Crippen LogP contribution in [0.1, 0.15) is 46.0 Å². The van der Waals surface area contributed by atoms with Crippen LogP contribution in [0.2, 0.25) is 0 Å². The van der Waals surface area contributed by atoms with Crippen molar-refractivity contribution in [3.05, 3.63) is 0 Å². The van der Waals surface area contributed by atoms with Crippen molar-refractivity contribution in [3.63, 3.8) is 0 Å². The van der Waals surface area contributed by atoms with E-state index in [2.05, 4.69) is 5.32 Å². The first-order valence-corrected chi connectivity index (χ1v) is 11.6. The molecule has 1 spiro atoms. The first kappa shape index (κ1) is 17.7. The number of amides is 1. The van der Waals surface area contributed by atoms with Gasteiger partial charge in [-0.25, -0.2) is 8.42 Å². The molecule has 0 aromatic rings. The fourth-order valence-corrected chi connectivity index (χ4v) is 7.43. The van der Waals surface area contributed by atoms with Gasteiger partial charge in [0.15, 0.2) is 9.84 Å². The molecule has 2 saturated carbocycles. The van der Waals surface area contributed by atoms with E-state index in [-0.39, 0.29) is 34.9 Å². The Kier molecular flexibility index (Phi) is 4.40. The smallest absolute Gasteiger partial charge is 0.239 e. The van der Waals surface area contributed by atoms with Crippen molar-refractivity contribution >= 4 is 15.7 Å². The lowest BCUT2D eigenvalue weighted by molar-refractivity contribution is -0.179. The van der Waals surface area contributed by atoms with Crippen LogP contribution in [0, 0.1) is 11.3 Å². The molecular formula is C18H30N2O4S. The minimum absolute atomic E-state index is 0.0430. The van der Waals surface area contributed by atoms with Crippen LogP contribution < -0.4 is 5.32 Å². The van der Waals surface area contributed by atoms with Gasteiger partial charge < -0.3 is 15.0 Å². The Labute approximate surface area is 150 Å². The summed E-state index contributed by atoms with van der Waals surface area (Å²) >= 11 is 0. The van der Waals surface area contributed by atoms with Gasteiger partial charge in [-0.2, -0.15) is 0 Å². The number of nitrogens with zero attached hydrogens (tertiary/aromatic N) is 1. The van der Waals surface area contributed by atoms with Crippen LogP contribution in [-0.2, 0) is 19.4 Å². The maximum Gasteiger partial charge on any atom is 0.239 e. The number of nitrogens with one attached hydrogen (secondary N) is 1. The number of rotatable bonds is 5. The summed E-state index contributed by atoms with van der Waals surface area (Å²) in [5.41, 5.74) is 0.253. The highest BCUT2D eigenvalue weighted by molar-refractivity contribution is 7.91. The Bertz CT molecular complexity index is 645. The molecule has 4 rings (SSSR count). The molecule has 2 aliphatic carbocycles. The third-order valence-corrected chi connectivity index (χ3v) is 8.86. The Morgan fingerprint density at radius 2 is 2.12 bits per heavy atom. The monoisotopic (exact) mass is 370 g/mol. The standard InChI is InChI=1S/C18H30N2O4S/c1-3-20(13-6-10-25(22,23)11-13)17(21)12(2)19-15-14-5-9-24-16(14)18(15)7-4-8-18/h12-16,19H,3-11H2,1-2H3.